The normalized spacial score (nSPS) is 12.9. The van der Waals surface area contributed by atoms with Crippen LogP contribution in [0.25, 0.3) is 0 Å². The van der Waals surface area contributed by atoms with Crippen molar-refractivity contribution in [1.82, 2.24) is 4.90 Å². The van der Waals surface area contributed by atoms with Gasteiger partial charge in [-0.3, -0.25) is 4.90 Å². The van der Waals surface area contributed by atoms with Crippen LogP contribution < -0.4 is 0 Å². The number of hydrogen-bond acceptors (Lipinski definition) is 1. The summed E-state index contributed by atoms with van der Waals surface area (Å²) in [7, 11) is 0. The zero-order valence-corrected chi connectivity index (χ0v) is 8.64. The Labute approximate surface area is 77.1 Å². The Kier molecular flexibility index (Phi) is 6.90. The van der Waals surface area contributed by atoms with Crippen LogP contribution in [0.1, 0.15) is 40.0 Å². The molecule has 0 aromatic rings. The van der Waals surface area contributed by atoms with Crippen LogP contribution in [0, 0.1) is 12.3 Å². The minimum absolute atomic E-state index is 0.632. The molecule has 1 unspecified atom stereocenters. The molecule has 1 nitrogen and oxygen atoms in total. The molecule has 1 heteroatoms. The van der Waals surface area contributed by atoms with Crippen LogP contribution in [0.15, 0.2) is 0 Å². The van der Waals surface area contributed by atoms with Gasteiger partial charge in [0.05, 0.1) is 6.54 Å². The minimum Gasteiger partial charge on any atom is -0.290 e. The molecule has 0 rings (SSSR count). The predicted molar refractivity (Wildman–Crippen MR) is 55.1 cm³/mol. The monoisotopic (exact) mass is 167 g/mol. The second-order valence-corrected chi connectivity index (χ2v) is 3.29. The largest absolute Gasteiger partial charge is 0.290 e. The fourth-order valence-electron chi connectivity index (χ4n) is 1.19. The Balaban J connectivity index is 3.78. The Bertz CT molecular complexity index is 134. The van der Waals surface area contributed by atoms with E-state index < -0.39 is 0 Å². The second kappa shape index (κ2) is 7.18. The van der Waals surface area contributed by atoms with Gasteiger partial charge in [0.1, 0.15) is 0 Å². The SMILES string of the molecule is C#CCN(CCCC)C(C)CC. The van der Waals surface area contributed by atoms with Gasteiger partial charge >= 0.3 is 0 Å². The van der Waals surface area contributed by atoms with Gasteiger partial charge in [-0.25, -0.2) is 0 Å². The molecule has 0 radical (unpaired) electrons. The van der Waals surface area contributed by atoms with Gasteiger partial charge in [0, 0.05) is 6.04 Å². The quantitative estimate of drug-likeness (QED) is 0.549. The molecule has 12 heavy (non-hydrogen) atoms. The molecule has 0 aromatic heterocycles. The van der Waals surface area contributed by atoms with E-state index in [-0.39, 0.29) is 0 Å². The van der Waals surface area contributed by atoms with Crippen LogP contribution >= 0.6 is 0 Å². The van der Waals surface area contributed by atoms with E-state index in [4.69, 9.17) is 6.42 Å². The molecule has 0 aliphatic rings. The first-order valence-electron chi connectivity index (χ1n) is 4.93. The van der Waals surface area contributed by atoms with Gasteiger partial charge < -0.3 is 0 Å². The van der Waals surface area contributed by atoms with Crippen molar-refractivity contribution in [2.24, 2.45) is 0 Å². The highest BCUT2D eigenvalue weighted by molar-refractivity contribution is 4.89. The van der Waals surface area contributed by atoms with Crippen molar-refractivity contribution >= 4 is 0 Å². The van der Waals surface area contributed by atoms with E-state index >= 15 is 0 Å². The molecule has 0 bridgehead atoms. The molecule has 0 saturated heterocycles. The summed E-state index contributed by atoms with van der Waals surface area (Å²) in [6, 6.07) is 0.632. The van der Waals surface area contributed by atoms with Gasteiger partial charge in [0.2, 0.25) is 0 Å². The van der Waals surface area contributed by atoms with Crippen LogP contribution in [0.2, 0.25) is 0 Å². The summed E-state index contributed by atoms with van der Waals surface area (Å²) < 4.78 is 0. The molecule has 0 N–H and O–H groups in total. The lowest BCUT2D eigenvalue weighted by molar-refractivity contribution is 0.226. The van der Waals surface area contributed by atoms with Gasteiger partial charge in [0.15, 0.2) is 0 Å². The number of hydrogen-bond donors (Lipinski definition) is 0. The third-order valence-electron chi connectivity index (χ3n) is 2.31. The number of rotatable bonds is 6. The van der Waals surface area contributed by atoms with Crippen molar-refractivity contribution in [2.75, 3.05) is 13.1 Å². The Morgan fingerprint density at radius 2 is 2.08 bits per heavy atom. The van der Waals surface area contributed by atoms with E-state index in [9.17, 15) is 0 Å². The van der Waals surface area contributed by atoms with E-state index in [1.54, 1.807) is 0 Å². The zero-order valence-electron chi connectivity index (χ0n) is 8.64. The number of terminal acetylenes is 1. The first-order chi connectivity index (χ1) is 5.76. The summed E-state index contributed by atoms with van der Waals surface area (Å²) >= 11 is 0. The van der Waals surface area contributed by atoms with Gasteiger partial charge in [-0.05, 0) is 26.3 Å². The minimum atomic E-state index is 0.632. The maximum absolute atomic E-state index is 5.30. The molecule has 0 aliphatic carbocycles. The fourth-order valence-corrected chi connectivity index (χ4v) is 1.19. The van der Waals surface area contributed by atoms with Crippen LogP contribution in [-0.2, 0) is 0 Å². The Morgan fingerprint density at radius 3 is 2.50 bits per heavy atom. The molecular formula is C11H21N. The summed E-state index contributed by atoms with van der Waals surface area (Å²) in [6.45, 7) is 8.61. The summed E-state index contributed by atoms with van der Waals surface area (Å²) in [4.78, 5) is 2.38. The maximum Gasteiger partial charge on any atom is 0.0601 e. The molecule has 0 aromatic carbocycles. The van der Waals surface area contributed by atoms with Crippen LogP contribution in [0.3, 0.4) is 0 Å². The molecule has 0 aliphatic heterocycles. The van der Waals surface area contributed by atoms with Gasteiger partial charge in [-0.2, -0.15) is 0 Å². The average molecular weight is 167 g/mol. The first kappa shape index (κ1) is 11.5. The van der Waals surface area contributed by atoms with Crippen molar-refractivity contribution < 1.29 is 0 Å². The van der Waals surface area contributed by atoms with E-state index in [1.165, 1.54) is 19.3 Å². The van der Waals surface area contributed by atoms with Crippen LogP contribution in [0.4, 0.5) is 0 Å². The molecule has 0 heterocycles. The fraction of sp³-hybridized carbons (Fsp3) is 0.818. The zero-order chi connectivity index (χ0) is 9.40. The van der Waals surface area contributed by atoms with Crippen molar-refractivity contribution in [2.45, 2.75) is 46.1 Å². The molecular weight excluding hydrogens is 146 g/mol. The third kappa shape index (κ3) is 4.41. The summed E-state index contributed by atoms with van der Waals surface area (Å²) in [6.07, 6.45) is 8.99. The summed E-state index contributed by atoms with van der Waals surface area (Å²) in [5, 5.41) is 0. The smallest absolute Gasteiger partial charge is 0.0601 e. The second-order valence-electron chi connectivity index (χ2n) is 3.29. The third-order valence-corrected chi connectivity index (χ3v) is 2.31. The topological polar surface area (TPSA) is 3.24 Å². The number of nitrogens with zero attached hydrogens (tertiary/aromatic N) is 1. The standard InChI is InChI=1S/C11H21N/c1-5-8-10-12(9-6-2)11(4)7-3/h2,11H,5,7-10H2,1,3-4H3. The molecule has 0 fully saturated rings. The molecule has 70 valence electrons. The first-order valence-corrected chi connectivity index (χ1v) is 4.93. The highest BCUT2D eigenvalue weighted by Gasteiger charge is 2.08. The van der Waals surface area contributed by atoms with Gasteiger partial charge in [0.25, 0.3) is 0 Å². The van der Waals surface area contributed by atoms with Gasteiger partial charge in [-0.1, -0.05) is 26.2 Å². The van der Waals surface area contributed by atoms with Crippen LogP contribution in [0.5, 0.6) is 0 Å². The van der Waals surface area contributed by atoms with E-state index in [0.29, 0.717) is 6.04 Å². The predicted octanol–water partition coefficient (Wildman–Crippen LogP) is 2.52. The Morgan fingerprint density at radius 1 is 1.42 bits per heavy atom. The highest BCUT2D eigenvalue weighted by Crippen LogP contribution is 2.04. The van der Waals surface area contributed by atoms with Crippen LogP contribution in [-0.4, -0.2) is 24.0 Å². The van der Waals surface area contributed by atoms with Crippen molar-refractivity contribution in [3.63, 3.8) is 0 Å². The summed E-state index contributed by atoms with van der Waals surface area (Å²) in [5.41, 5.74) is 0. The highest BCUT2D eigenvalue weighted by atomic mass is 15.1. The van der Waals surface area contributed by atoms with Gasteiger partial charge in [-0.15, -0.1) is 6.42 Å². The molecule has 0 saturated carbocycles. The Hall–Kier alpha value is -0.480. The average Bonchev–Trinajstić information content (AvgIpc) is 2.11. The van der Waals surface area contributed by atoms with Crippen molar-refractivity contribution in [1.29, 1.82) is 0 Å². The molecule has 1 atom stereocenters. The summed E-state index contributed by atoms with van der Waals surface area (Å²) in [5.74, 6) is 2.72. The maximum atomic E-state index is 5.30. The lowest BCUT2D eigenvalue weighted by Crippen LogP contribution is -2.33. The lowest BCUT2D eigenvalue weighted by Gasteiger charge is -2.25. The van der Waals surface area contributed by atoms with E-state index in [2.05, 4.69) is 31.6 Å². The van der Waals surface area contributed by atoms with E-state index in [0.717, 1.165) is 13.1 Å². The van der Waals surface area contributed by atoms with Crippen molar-refractivity contribution in [3.05, 3.63) is 0 Å². The van der Waals surface area contributed by atoms with Crippen molar-refractivity contribution in [3.8, 4) is 12.3 Å². The molecule has 0 spiro atoms. The van der Waals surface area contributed by atoms with E-state index in [1.807, 2.05) is 0 Å². The lowest BCUT2D eigenvalue weighted by atomic mass is 10.2. The number of unbranched alkanes of at least 4 members (excludes halogenated alkanes) is 1. The molecule has 0 amide bonds.